The van der Waals surface area contributed by atoms with Crippen LogP contribution in [0.5, 0.6) is 0 Å². The Hall–Kier alpha value is 0.260. The van der Waals surface area contributed by atoms with E-state index in [1.807, 2.05) is 0 Å². The third-order valence-electron chi connectivity index (χ3n) is 3.15. The first-order valence-corrected chi connectivity index (χ1v) is 10.4. The zero-order valence-electron chi connectivity index (χ0n) is 13.5. The molecule has 0 unspecified atom stereocenters. The summed E-state index contributed by atoms with van der Waals surface area (Å²) < 4.78 is 5.53. The molecule has 2 nitrogen and oxygen atoms in total. The SMILES string of the molecule is CCCCCCCCCCCCSC(=S)SC(=O)OCC. The molecule has 0 aromatic carbocycles. The molecule has 124 valence electrons. The molecule has 0 aliphatic carbocycles. The quantitative estimate of drug-likeness (QED) is 0.219. The molecule has 0 saturated heterocycles. The summed E-state index contributed by atoms with van der Waals surface area (Å²) in [5, 5.41) is -0.280. The molecule has 0 spiro atoms. The molecule has 0 fully saturated rings. The van der Waals surface area contributed by atoms with Crippen molar-refractivity contribution in [3.63, 3.8) is 0 Å². The number of ether oxygens (including phenoxy) is 1. The highest BCUT2D eigenvalue weighted by molar-refractivity contribution is 8.51. The first-order chi connectivity index (χ1) is 10.2. The molecule has 0 radical (unpaired) electrons. The summed E-state index contributed by atoms with van der Waals surface area (Å²) in [6.45, 7) is 4.48. The van der Waals surface area contributed by atoms with Crippen molar-refractivity contribution in [1.29, 1.82) is 0 Å². The van der Waals surface area contributed by atoms with Crippen LogP contribution >= 0.6 is 35.7 Å². The van der Waals surface area contributed by atoms with E-state index < -0.39 is 0 Å². The standard InChI is InChI=1S/C16H30O2S3/c1-3-5-6-7-8-9-10-11-12-13-14-20-16(19)21-15(17)18-4-2/h3-14H2,1-2H3. The maximum Gasteiger partial charge on any atom is 0.373 e. The number of hydrogen-bond donors (Lipinski definition) is 0. The number of rotatable bonds is 12. The normalized spacial score (nSPS) is 10.6. The number of hydrogen-bond acceptors (Lipinski definition) is 5. The fourth-order valence-corrected chi connectivity index (χ4v) is 3.96. The van der Waals surface area contributed by atoms with E-state index in [2.05, 4.69) is 6.92 Å². The van der Waals surface area contributed by atoms with Crippen molar-refractivity contribution >= 4 is 44.6 Å². The van der Waals surface area contributed by atoms with Crippen LogP contribution in [0, 0.1) is 0 Å². The molecule has 0 rings (SSSR count). The highest BCUT2D eigenvalue weighted by atomic mass is 32.2. The van der Waals surface area contributed by atoms with Crippen molar-refractivity contribution in [3.8, 4) is 0 Å². The molecular weight excluding hydrogens is 320 g/mol. The van der Waals surface area contributed by atoms with Crippen LogP contribution < -0.4 is 0 Å². The lowest BCUT2D eigenvalue weighted by molar-refractivity contribution is 0.182. The molecule has 0 atom stereocenters. The van der Waals surface area contributed by atoms with E-state index in [9.17, 15) is 4.79 Å². The van der Waals surface area contributed by atoms with Crippen molar-refractivity contribution < 1.29 is 9.53 Å². The molecule has 0 aromatic rings. The second-order valence-electron chi connectivity index (χ2n) is 5.07. The van der Waals surface area contributed by atoms with Gasteiger partial charge in [-0.1, -0.05) is 76.9 Å². The Morgan fingerprint density at radius 2 is 1.43 bits per heavy atom. The van der Waals surface area contributed by atoms with E-state index in [0.717, 1.165) is 17.5 Å². The molecule has 0 bridgehead atoms. The molecular formula is C16H30O2S3. The maximum absolute atomic E-state index is 11.2. The zero-order valence-corrected chi connectivity index (χ0v) is 16.0. The number of unbranched alkanes of at least 4 members (excludes halogenated alkanes) is 9. The van der Waals surface area contributed by atoms with Crippen LogP contribution in [0.25, 0.3) is 0 Å². The first-order valence-electron chi connectivity index (χ1n) is 8.22. The Kier molecular flexibility index (Phi) is 16.8. The van der Waals surface area contributed by atoms with E-state index in [1.165, 1.54) is 64.2 Å². The summed E-state index contributed by atoms with van der Waals surface area (Å²) in [4.78, 5) is 11.2. The first kappa shape index (κ1) is 21.3. The Balaban J connectivity index is 3.21. The largest absolute Gasteiger partial charge is 0.458 e. The number of thiocarbonyl (C=S) groups is 1. The van der Waals surface area contributed by atoms with Gasteiger partial charge in [-0.2, -0.15) is 0 Å². The van der Waals surface area contributed by atoms with E-state index in [0.29, 0.717) is 10.1 Å². The zero-order chi connectivity index (χ0) is 15.8. The smallest absolute Gasteiger partial charge is 0.373 e. The van der Waals surface area contributed by atoms with Gasteiger partial charge in [-0.15, -0.1) is 11.8 Å². The van der Waals surface area contributed by atoms with Crippen LogP contribution in [-0.2, 0) is 4.74 Å². The third kappa shape index (κ3) is 16.5. The summed E-state index contributed by atoms with van der Waals surface area (Å²) in [6.07, 6.45) is 13.5. The van der Waals surface area contributed by atoms with Gasteiger partial charge in [0.2, 0.25) is 0 Å². The van der Waals surface area contributed by atoms with E-state index >= 15 is 0 Å². The van der Waals surface area contributed by atoms with Crippen LogP contribution in [-0.4, -0.2) is 21.2 Å². The van der Waals surface area contributed by atoms with Gasteiger partial charge in [0.05, 0.1) is 6.61 Å². The van der Waals surface area contributed by atoms with Crippen molar-refractivity contribution in [1.82, 2.24) is 0 Å². The maximum atomic E-state index is 11.2. The molecule has 0 aromatic heterocycles. The van der Waals surface area contributed by atoms with Crippen LogP contribution in [0.15, 0.2) is 0 Å². The van der Waals surface area contributed by atoms with Gasteiger partial charge in [0.15, 0.2) is 0 Å². The van der Waals surface area contributed by atoms with Crippen molar-refractivity contribution in [2.45, 2.75) is 78.1 Å². The van der Waals surface area contributed by atoms with Crippen LogP contribution in [0.4, 0.5) is 4.79 Å². The van der Waals surface area contributed by atoms with E-state index in [4.69, 9.17) is 17.0 Å². The van der Waals surface area contributed by atoms with E-state index in [1.54, 1.807) is 18.7 Å². The molecule has 0 amide bonds. The van der Waals surface area contributed by atoms with Crippen LogP contribution in [0.2, 0.25) is 0 Å². The van der Waals surface area contributed by atoms with Gasteiger partial charge in [-0.3, -0.25) is 0 Å². The van der Waals surface area contributed by atoms with E-state index in [-0.39, 0.29) is 5.30 Å². The monoisotopic (exact) mass is 350 g/mol. The average molecular weight is 351 g/mol. The molecule has 0 N–H and O–H groups in total. The third-order valence-corrected chi connectivity index (χ3v) is 5.53. The van der Waals surface area contributed by atoms with Gasteiger partial charge < -0.3 is 4.74 Å². The minimum absolute atomic E-state index is 0.280. The lowest BCUT2D eigenvalue weighted by Gasteiger charge is -2.04. The molecule has 21 heavy (non-hydrogen) atoms. The summed E-state index contributed by atoms with van der Waals surface area (Å²) >= 11 is 7.78. The molecule has 0 aliphatic rings. The minimum Gasteiger partial charge on any atom is -0.458 e. The highest BCUT2D eigenvalue weighted by Gasteiger charge is 2.07. The second-order valence-corrected chi connectivity index (χ2v) is 8.30. The number of carbonyl (C=O) groups is 1. The molecule has 0 saturated carbocycles. The Bertz CT molecular complexity index is 270. The van der Waals surface area contributed by atoms with Gasteiger partial charge in [0.25, 0.3) is 0 Å². The summed E-state index contributed by atoms with van der Waals surface area (Å²) in [5.41, 5.74) is 0. The topological polar surface area (TPSA) is 26.3 Å². The highest BCUT2D eigenvalue weighted by Crippen LogP contribution is 2.21. The van der Waals surface area contributed by atoms with Crippen molar-refractivity contribution in [3.05, 3.63) is 0 Å². The molecule has 0 aliphatic heterocycles. The molecule has 0 heterocycles. The van der Waals surface area contributed by atoms with Crippen molar-refractivity contribution in [2.75, 3.05) is 12.4 Å². The lowest BCUT2D eigenvalue weighted by atomic mass is 10.1. The average Bonchev–Trinajstić information content (AvgIpc) is 2.45. The minimum atomic E-state index is -0.280. The predicted molar refractivity (Wildman–Crippen MR) is 102 cm³/mol. The fourth-order valence-electron chi connectivity index (χ4n) is 1.99. The van der Waals surface area contributed by atoms with Gasteiger partial charge in [0, 0.05) is 11.8 Å². The van der Waals surface area contributed by atoms with Gasteiger partial charge in [0.1, 0.15) is 3.53 Å². The predicted octanol–water partition coefficient (Wildman–Crippen LogP) is 6.82. The summed E-state index contributed by atoms with van der Waals surface area (Å²) in [7, 11) is 0. The number of carbonyl (C=O) groups excluding carboxylic acids is 1. The van der Waals surface area contributed by atoms with Gasteiger partial charge >= 0.3 is 5.30 Å². The van der Waals surface area contributed by atoms with Gasteiger partial charge in [-0.25, -0.2) is 4.79 Å². The number of thioether (sulfide) groups is 2. The van der Waals surface area contributed by atoms with Crippen molar-refractivity contribution in [2.24, 2.45) is 0 Å². The Morgan fingerprint density at radius 3 is 1.95 bits per heavy atom. The molecule has 5 heteroatoms. The fraction of sp³-hybridized carbons (Fsp3) is 0.875. The summed E-state index contributed by atoms with van der Waals surface area (Å²) in [5.74, 6) is 1.02. The van der Waals surface area contributed by atoms with Crippen LogP contribution in [0.3, 0.4) is 0 Å². The summed E-state index contributed by atoms with van der Waals surface area (Å²) in [6, 6.07) is 0. The Morgan fingerprint density at radius 1 is 0.905 bits per heavy atom. The second kappa shape index (κ2) is 16.6. The van der Waals surface area contributed by atoms with Gasteiger partial charge in [-0.05, 0) is 19.1 Å². The lowest BCUT2D eigenvalue weighted by Crippen LogP contribution is -1.98. The Labute approximate surface area is 144 Å². The van der Waals surface area contributed by atoms with Crippen LogP contribution in [0.1, 0.15) is 78.1 Å².